The topological polar surface area (TPSA) is 37.3 Å². The summed E-state index contributed by atoms with van der Waals surface area (Å²) in [4.78, 5) is 11.0. The first-order valence-corrected chi connectivity index (χ1v) is 5.35. The quantitative estimate of drug-likeness (QED) is 0.894. The SMILES string of the molecule is O=C(O)c1cc(F)ccc1-c1ccc(F)cc1Cl. The van der Waals surface area contributed by atoms with E-state index in [2.05, 4.69) is 0 Å². The van der Waals surface area contributed by atoms with Crippen molar-refractivity contribution in [2.75, 3.05) is 0 Å². The summed E-state index contributed by atoms with van der Waals surface area (Å²) in [5.41, 5.74) is 0.368. The van der Waals surface area contributed by atoms with Crippen LogP contribution in [0, 0.1) is 11.6 Å². The molecule has 2 rings (SSSR count). The van der Waals surface area contributed by atoms with Crippen LogP contribution in [0.25, 0.3) is 11.1 Å². The molecule has 0 aromatic heterocycles. The van der Waals surface area contributed by atoms with Gasteiger partial charge >= 0.3 is 5.97 Å². The van der Waals surface area contributed by atoms with Crippen LogP contribution < -0.4 is 0 Å². The number of carboxylic acid groups (broad SMARTS) is 1. The predicted octanol–water partition coefficient (Wildman–Crippen LogP) is 3.98. The highest BCUT2D eigenvalue weighted by Crippen LogP contribution is 2.31. The molecule has 0 unspecified atom stereocenters. The number of rotatable bonds is 2. The molecular weight excluding hydrogens is 262 g/mol. The van der Waals surface area contributed by atoms with E-state index in [0.29, 0.717) is 5.56 Å². The van der Waals surface area contributed by atoms with Gasteiger partial charge in [0.15, 0.2) is 0 Å². The van der Waals surface area contributed by atoms with Gasteiger partial charge in [0, 0.05) is 5.56 Å². The van der Waals surface area contributed by atoms with Crippen molar-refractivity contribution in [2.45, 2.75) is 0 Å². The maximum absolute atomic E-state index is 13.0. The van der Waals surface area contributed by atoms with E-state index in [0.717, 1.165) is 24.3 Å². The standard InChI is InChI=1S/C13H7ClF2O2/c14-12-6-8(16)2-4-10(12)9-3-1-7(15)5-11(9)13(17)18/h1-6H,(H,17,18). The number of hydrogen-bond donors (Lipinski definition) is 1. The van der Waals surface area contributed by atoms with Crippen molar-refractivity contribution in [2.24, 2.45) is 0 Å². The van der Waals surface area contributed by atoms with E-state index in [1.807, 2.05) is 0 Å². The second kappa shape index (κ2) is 4.74. The van der Waals surface area contributed by atoms with Crippen molar-refractivity contribution in [3.63, 3.8) is 0 Å². The Morgan fingerprint density at radius 1 is 1.00 bits per heavy atom. The summed E-state index contributed by atoms with van der Waals surface area (Å²) in [6.45, 7) is 0. The van der Waals surface area contributed by atoms with Gasteiger partial charge in [-0.15, -0.1) is 0 Å². The summed E-state index contributed by atoms with van der Waals surface area (Å²) in [7, 11) is 0. The summed E-state index contributed by atoms with van der Waals surface area (Å²) >= 11 is 5.85. The fraction of sp³-hybridized carbons (Fsp3) is 0. The largest absolute Gasteiger partial charge is 0.478 e. The minimum atomic E-state index is -1.27. The average Bonchev–Trinajstić information content (AvgIpc) is 2.29. The maximum Gasteiger partial charge on any atom is 0.336 e. The first-order chi connectivity index (χ1) is 8.49. The Bertz CT molecular complexity index is 626. The van der Waals surface area contributed by atoms with Crippen LogP contribution in [0.3, 0.4) is 0 Å². The molecule has 0 aliphatic carbocycles. The highest BCUT2D eigenvalue weighted by molar-refractivity contribution is 6.33. The van der Waals surface area contributed by atoms with Crippen LogP contribution in [0.15, 0.2) is 36.4 Å². The molecule has 0 saturated carbocycles. The van der Waals surface area contributed by atoms with E-state index in [-0.39, 0.29) is 16.1 Å². The van der Waals surface area contributed by atoms with Crippen LogP contribution in [0.1, 0.15) is 10.4 Å². The number of hydrogen-bond acceptors (Lipinski definition) is 1. The van der Waals surface area contributed by atoms with Gasteiger partial charge in [-0.25, -0.2) is 13.6 Å². The summed E-state index contributed by atoms with van der Waals surface area (Å²) in [6.07, 6.45) is 0. The smallest absolute Gasteiger partial charge is 0.336 e. The van der Waals surface area contributed by atoms with Crippen molar-refractivity contribution in [3.05, 3.63) is 58.6 Å². The van der Waals surface area contributed by atoms with E-state index in [4.69, 9.17) is 16.7 Å². The van der Waals surface area contributed by atoms with Gasteiger partial charge in [-0.2, -0.15) is 0 Å². The second-order valence-electron chi connectivity index (χ2n) is 3.62. The summed E-state index contributed by atoms with van der Waals surface area (Å²) in [6, 6.07) is 6.93. The molecule has 0 fully saturated rings. The molecule has 0 bridgehead atoms. The van der Waals surface area contributed by atoms with Gasteiger partial charge in [0.1, 0.15) is 11.6 Å². The van der Waals surface area contributed by atoms with Gasteiger partial charge in [0.05, 0.1) is 10.6 Å². The Kier molecular flexibility index (Phi) is 3.30. The molecule has 0 spiro atoms. The Morgan fingerprint density at radius 3 is 2.11 bits per heavy atom. The van der Waals surface area contributed by atoms with Crippen molar-refractivity contribution >= 4 is 17.6 Å². The molecule has 0 heterocycles. The van der Waals surface area contributed by atoms with Crippen LogP contribution in [0.2, 0.25) is 5.02 Å². The molecule has 0 saturated heterocycles. The highest BCUT2D eigenvalue weighted by Gasteiger charge is 2.15. The van der Waals surface area contributed by atoms with Crippen LogP contribution in [0.4, 0.5) is 8.78 Å². The number of carboxylic acids is 1. The van der Waals surface area contributed by atoms with Crippen LogP contribution in [-0.2, 0) is 0 Å². The Balaban J connectivity index is 2.67. The summed E-state index contributed by atoms with van der Waals surface area (Å²) < 4.78 is 26.0. The average molecular weight is 269 g/mol. The molecule has 2 aromatic carbocycles. The molecule has 18 heavy (non-hydrogen) atoms. The monoisotopic (exact) mass is 268 g/mol. The van der Waals surface area contributed by atoms with Crippen molar-refractivity contribution in [1.82, 2.24) is 0 Å². The third kappa shape index (κ3) is 2.33. The van der Waals surface area contributed by atoms with E-state index in [1.54, 1.807) is 0 Å². The number of benzene rings is 2. The molecule has 0 radical (unpaired) electrons. The van der Waals surface area contributed by atoms with E-state index < -0.39 is 17.6 Å². The van der Waals surface area contributed by atoms with Crippen LogP contribution >= 0.6 is 11.6 Å². The molecule has 5 heteroatoms. The molecule has 2 aromatic rings. The zero-order valence-corrected chi connectivity index (χ0v) is 9.71. The minimum Gasteiger partial charge on any atom is -0.478 e. The lowest BCUT2D eigenvalue weighted by Gasteiger charge is -2.08. The zero-order chi connectivity index (χ0) is 13.3. The lowest BCUT2D eigenvalue weighted by atomic mass is 9.99. The van der Waals surface area contributed by atoms with Gasteiger partial charge in [0.25, 0.3) is 0 Å². The predicted molar refractivity (Wildman–Crippen MR) is 63.8 cm³/mol. The second-order valence-corrected chi connectivity index (χ2v) is 4.03. The van der Waals surface area contributed by atoms with E-state index in [1.165, 1.54) is 12.1 Å². The molecule has 92 valence electrons. The zero-order valence-electron chi connectivity index (χ0n) is 8.95. The van der Waals surface area contributed by atoms with E-state index in [9.17, 15) is 13.6 Å². The van der Waals surface area contributed by atoms with Crippen LogP contribution in [-0.4, -0.2) is 11.1 Å². The first kappa shape index (κ1) is 12.5. The van der Waals surface area contributed by atoms with Gasteiger partial charge in [-0.1, -0.05) is 17.7 Å². The Hall–Kier alpha value is -1.94. The minimum absolute atomic E-state index is 0.0732. The molecule has 0 atom stereocenters. The van der Waals surface area contributed by atoms with Crippen LogP contribution in [0.5, 0.6) is 0 Å². The molecular formula is C13H7ClF2O2. The lowest BCUT2D eigenvalue weighted by Crippen LogP contribution is -2.00. The van der Waals surface area contributed by atoms with Gasteiger partial charge in [-0.3, -0.25) is 0 Å². The lowest BCUT2D eigenvalue weighted by molar-refractivity contribution is 0.0697. The van der Waals surface area contributed by atoms with Gasteiger partial charge < -0.3 is 5.11 Å². The summed E-state index contributed by atoms with van der Waals surface area (Å²) in [5.74, 6) is -2.46. The molecule has 0 aliphatic heterocycles. The fourth-order valence-electron chi connectivity index (χ4n) is 1.64. The number of carbonyl (C=O) groups is 1. The first-order valence-electron chi connectivity index (χ1n) is 4.97. The number of halogens is 3. The van der Waals surface area contributed by atoms with E-state index >= 15 is 0 Å². The van der Waals surface area contributed by atoms with Crippen molar-refractivity contribution in [3.8, 4) is 11.1 Å². The maximum atomic E-state index is 13.0. The van der Waals surface area contributed by atoms with Crippen molar-refractivity contribution in [1.29, 1.82) is 0 Å². The summed E-state index contributed by atoms with van der Waals surface area (Å²) in [5, 5.41) is 9.09. The van der Waals surface area contributed by atoms with Gasteiger partial charge in [-0.05, 0) is 35.9 Å². The fourth-order valence-corrected chi connectivity index (χ4v) is 1.91. The van der Waals surface area contributed by atoms with Gasteiger partial charge in [0.2, 0.25) is 0 Å². The molecule has 1 N–H and O–H groups in total. The Labute approximate surface area is 106 Å². The normalized spacial score (nSPS) is 10.4. The highest BCUT2D eigenvalue weighted by atomic mass is 35.5. The third-order valence-corrected chi connectivity index (χ3v) is 2.75. The molecule has 2 nitrogen and oxygen atoms in total. The molecule has 0 aliphatic rings. The Morgan fingerprint density at radius 2 is 1.56 bits per heavy atom. The van der Waals surface area contributed by atoms with Crippen molar-refractivity contribution < 1.29 is 18.7 Å². The molecule has 0 amide bonds. The number of aromatic carboxylic acids is 1. The third-order valence-electron chi connectivity index (χ3n) is 2.43.